The molecule has 2 heterocycles. The van der Waals surface area contributed by atoms with Gasteiger partial charge in [-0.1, -0.05) is 31.2 Å². The summed E-state index contributed by atoms with van der Waals surface area (Å²) in [4.78, 5) is 38.4. The smallest absolute Gasteiger partial charge is 0.405 e. The summed E-state index contributed by atoms with van der Waals surface area (Å²) in [5.74, 6) is 0.709. The number of benzene rings is 1. The van der Waals surface area contributed by atoms with Gasteiger partial charge in [0.15, 0.2) is 5.82 Å². The second-order valence-electron chi connectivity index (χ2n) is 12.2. The normalized spacial score (nSPS) is 24.9. The number of carbonyl (C=O) groups is 3. The lowest BCUT2D eigenvalue weighted by Crippen LogP contribution is -2.61. The topological polar surface area (TPSA) is 145 Å². The maximum absolute atomic E-state index is 13.0. The monoisotopic (exact) mass is 605 g/mol. The first kappa shape index (κ1) is 30.6. The van der Waals surface area contributed by atoms with Gasteiger partial charge in [-0.05, 0) is 72.5 Å². The third kappa shape index (κ3) is 6.88. The van der Waals surface area contributed by atoms with Crippen LogP contribution in [0, 0.1) is 5.92 Å². The molecule has 0 spiro atoms. The van der Waals surface area contributed by atoms with Crippen LogP contribution >= 0.6 is 11.3 Å². The highest BCUT2D eigenvalue weighted by atomic mass is 32.1. The Labute approximate surface area is 255 Å². The van der Waals surface area contributed by atoms with Crippen LogP contribution in [0.2, 0.25) is 0 Å². The first-order chi connectivity index (χ1) is 20.5. The Hall–Kier alpha value is -3.83. The van der Waals surface area contributed by atoms with Crippen LogP contribution in [0.5, 0.6) is 0 Å². The number of aliphatic hydroxyl groups is 1. The molecule has 2 aromatic heterocycles. The molecule has 10 nitrogen and oxygen atoms in total. The Kier molecular flexibility index (Phi) is 8.84. The van der Waals surface area contributed by atoms with E-state index < -0.39 is 17.2 Å². The van der Waals surface area contributed by atoms with E-state index in [0.29, 0.717) is 24.4 Å². The van der Waals surface area contributed by atoms with Gasteiger partial charge in [-0.2, -0.15) is 11.3 Å². The molecule has 3 aromatic rings. The minimum atomic E-state index is -1.13. The Morgan fingerprint density at radius 3 is 2.33 bits per heavy atom. The highest BCUT2D eigenvalue weighted by molar-refractivity contribution is 7.08. The minimum Gasteiger partial charge on any atom is -0.465 e. The van der Waals surface area contributed by atoms with Crippen molar-refractivity contribution in [2.24, 2.45) is 5.92 Å². The van der Waals surface area contributed by atoms with Gasteiger partial charge in [-0.15, -0.1) is 10.2 Å². The Balaban J connectivity index is 1.29. The molecule has 0 radical (unpaired) electrons. The second-order valence-corrected chi connectivity index (χ2v) is 13.0. The van der Waals surface area contributed by atoms with Gasteiger partial charge < -0.3 is 25.7 Å². The van der Waals surface area contributed by atoms with Gasteiger partial charge >= 0.3 is 6.09 Å². The molecular formula is C32H39N5O5S. The van der Waals surface area contributed by atoms with Crippen LogP contribution in [0.4, 0.5) is 10.6 Å². The lowest BCUT2D eigenvalue weighted by atomic mass is 9.62. The van der Waals surface area contributed by atoms with E-state index in [4.69, 9.17) is 0 Å². The molecule has 2 aliphatic carbocycles. The van der Waals surface area contributed by atoms with Crippen molar-refractivity contribution in [1.29, 1.82) is 0 Å². The van der Waals surface area contributed by atoms with Gasteiger partial charge in [0, 0.05) is 49.9 Å². The van der Waals surface area contributed by atoms with Gasteiger partial charge in [-0.3, -0.25) is 9.59 Å². The standard InChI is InChI=1S/C32H39N5O5S/c1-4-28(39)37(3)24-11-5-20(6-12-24)15-27(38)33-26-16-25(22-13-14-43-17-22)29(36-35-26)21-7-9-23(10-8-21)32(34-30(40)41)18-31(2,42)19-32/h7-10,13-14,16-17,20,24,34,42H,4-6,11-12,15,18-19H2,1-3H3,(H,40,41)(H,33,35,38)/t20-,24-,31-,32+. The molecule has 2 aliphatic rings. The minimum absolute atomic E-state index is 0.100. The van der Waals surface area contributed by atoms with Crippen molar-refractivity contribution in [1.82, 2.24) is 20.4 Å². The highest BCUT2D eigenvalue weighted by Crippen LogP contribution is 2.48. The number of carbonyl (C=O) groups excluding carboxylic acids is 2. The fourth-order valence-corrected chi connectivity index (χ4v) is 7.37. The quantitative estimate of drug-likeness (QED) is 0.247. The zero-order valence-corrected chi connectivity index (χ0v) is 25.6. The average molecular weight is 606 g/mol. The van der Waals surface area contributed by atoms with Crippen molar-refractivity contribution < 1.29 is 24.6 Å². The van der Waals surface area contributed by atoms with Gasteiger partial charge in [0.05, 0.1) is 11.1 Å². The number of thiophene rings is 1. The summed E-state index contributed by atoms with van der Waals surface area (Å²) < 4.78 is 0. The molecule has 11 heteroatoms. The molecule has 2 saturated carbocycles. The molecule has 3 amide bonds. The molecule has 2 fully saturated rings. The summed E-state index contributed by atoms with van der Waals surface area (Å²) in [7, 11) is 1.87. The maximum Gasteiger partial charge on any atom is 0.405 e. The largest absolute Gasteiger partial charge is 0.465 e. The van der Waals surface area contributed by atoms with Gasteiger partial charge in [0.2, 0.25) is 11.8 Å². The number of rotatable bonds is 9. The van der Waals surface area contributed by atoms with E-state index in [1.54, 1.807) is 18.3 Å². The van der Waals surface area contributed by atoms with Crippen molar-refractivity contribution in [3.8, 4) is 22.4 Å². The molecule has 228 valence electrons. The SMILES string of the molecule is CCC(=O)N(C)[C@H]1CC[C@H](CC(=O)Nc2cc(-c3ccsc3)c(-c3ccc([C@]4(NC(=O)O)C[C@@](C)(O)C4)cc3)nn2)CC1. The van der Waals surface area contributed by atoms with Crippen LogP contribution in [0.3, 0.4) is 0 Å². The number of amides is 3. The van der Waals surface area contributed by atoms with Crippen LogP contribution < -0.4 is 10.6 Å². The van der Waals surface area contributed by atoms with Crippen molar-refractivity contribution in [3.05, 3.63) is 52.7 Å². The molecule has 4 N–H and O–H groups in total. The second kappa shape index (κ2) is 12.4. The van der Waals surface area contributed by atoms with Crippen molar-refractivity contribution in [3.63, 3.8) is 0 Å². The third-order valence-corrected chi connectivity index (χ3v) is 9.53. The fraction of sp³-hybridized carbons (Fsp3) is 0.469. The fourth-order valence-electron chi connectivity index (χ4n) is 6.71. The Morgan fingerprint density at radius 1 is 1.05 bits per heavy atom. The Bertz CT molecular complexity index is 1460. The average Bonchev–Trinajstić information content (AvgIpc) is 3.50. The summed E-state index contributed by atoms with van der Waals surface area (Å²) in [5.41, 5.74) is 2.24. The third-order valence-electron chi connectivity index (χ3n) is 8.85. The molecular weight excluding hydrogens is 566 g/mol. The zero-order valence-electron chi connectivity index (χ0n) is 24.8. The number of aromatic nitrogens is 2. The number of nitrogens with zero attached hydrogens (tertiary/aromatic N) is 3. The summed E-state index contributed by atoms with van der Waals surface area (Å²) in [6.07, 6.45) is 3.97. The molecule has 43 heavy (non-hydrogen) atoms. The number of hydrogen-bond donors (Lipinski definition) is 4. The number of anilines is 1. The van der Waals surface area contributed by atoms with Crippen LogP contribution in [-0.4, -0.2) is 61.9 Å². The van der Waals surface area contributed by atoms with Gasteiger partial charge in [0.1, 0.15) is 5.69 Å². The molecule has 0 bridgehead atoms. The van der Waals surface area contributed by atoms with E-state index in [2.05, 4.69) is 20.8 Å². The zero-order chi connectivity index (χ0) is 30.8. The van der Waals surface area contributed by atoms with Crippen LogP contribution in [0.15, 0.2) is 47.2 Å². The van der Waals surface area contributed by atoms with Crippen molar-refractivity contribution in [2.45, 2.75) is 82.4 Å². The predicted octanol–water partition coefficient (Wildman–Crippen LogP) is 5.64. The molecule has 0 aliphatic heterocycles. The van der Waals surface area contributed by atoms with E-state index in [9.17, 15) is 24.6 Å². The lowest BCUT2D eigenvalue weighted by molar-refractivity contribution is -0.132. The summed E-state index contributed by atoms with van der Waals surface area (Å²) in [6.45, 7) is 3.58. The molecule has 0 unspecified atom stereocenters. The van der Waals surface area contributed by atoms with Crippen LogP contribution in [0.25, 0.3) is 22.4 Å². The summed E-state index contributed by atoms with van der Waals surface area (Å²) >= 11 is 1.56. The van der Waals surface area contributed by atoms with Gasteiger partial charge in [0.25, 0.3) is 0 Å². The molecule has 0 saturated heterocycles. The lowest BCUT2D eigenvalue weighted by Gasteiger charge is -2.51. The van der Waals surface area contributed by atoms with E-state index >= 15 is 0 Å². The van der Waals surface area contributed by atoms with E-state index in [1.165, 1.54) is 0 Å². The van der Waals surface area contributed by atoms with Gasteiger partial charge in [-0.25, -0.2) is 4.79 Å². The maximum atomic E-state index is 13.0. The van der Waals surface area contributed by atoms with E-state index in [-0.39, 0.29) is 36.6 Å². The highest BCUT2D eigenvalue weighted by Gasteiger charge is 2.53. The van der Waals surface area contributed by atoms with E-state index in [1.807, 2.05) is 66.0 Å². The first-order valence-corrected chi connectivity index (χ1v) is 15.7. The first-order valence-electron chi connectivity index (χ1n) is 14.8. The number of carboxylic acid groups (broad SMARTS) is 1. The molecule has 0 atom stereocenters. The molecule has 5 rings (SSSR count). The van der Waals surface area contributed by atoms with Crippen LogP contribution in [-0.2, 0) is 15.1 Å². The number of hydrogen-bond acceptors (Lipinski definition) is 7. The van der Waals surface area contributed by atoms with E-state index in [0.717, 1.165) is 47.9 Å². The number of nitrogens with one attached hydrogen (secondary N) is 2. The van der Waals surface area contributed by atoms with Crippen molar-refractivity contribution in [2.75, 3.05) is 12.4 Å². The summed E-state index contributed by atoms with van der Waals surface area (Å²) in [5, 5.41) is 38.1. The summed E-state index contributed by atoms with van der Waals surface area (Å²) in [6, 6.07) is 11.6. The predicted molar refractivity (Wildman–Crippen MR) is 166 cm³/mol. The van der Waals surface area contributed by atoms with Crippen LogP contribution in [0.1, 0.15) is 70.8 Å². The van der Waals surface area contributed by atoms with Crippen molar-refractivity contribution >= 4 is 35.1 Å². The Morgan fingerprint density at radius 2 is 1.74 bits per heavy atom. The molecule has 1 aromatic carbocycles.